The second-order valence-corrected chi connectivity index (χ2v) is 18.6. The lowest BCUT2D eigenvalue weighted by atomic mass is 10.00. The molecule has 0 radical (unpaired) electrons. The Morgan fingerprint density at radius 1 is 0.550 bits per heavy atom. The molecule has 12 nitrogen and oxygen atoms in total. The summed E-state index contributed by atoms with van der Waals surface area (Å²) in [5.74, 6) is -1.98. The van der Waals surface area contributed by atoms with E-state index in [9.17, 15) is 37.9 Å². The van der Waals surface area contributed by atoms with Crippen molar-refractivity contribution in [2.45, 2.75) is 256 Å². The normalized spacial score (nSPS) is 20.1. The topological polar surface area (TPSA) is 186 Å². The Bertz CT molecular complexity index is 1170. The average Bonchev–Trinajstić information content (AvgIpc) is 3.21. The summed E-state index contributed by atoms with van der Waals surface area (Å²) in [5, 5.41) is 30.9. The van der Waals surface area contributed by atoms with Crippen molar-refractivity contribution < 1.29 is 56.8 Å². The zero-order valence-corrected chi connectivity index (χ0v) is 38.6. The van der Waals surface area contributed by atoms with Crippen molar-refractivity contribution in [3.05, 3.63) is 12.2 Å². The summed E-state index contributed by atoms with van der Waals surface area (Å²) in [7, 11) is -4.60. The second kappa shape index (κ2) is 37.9. The van der Waals surface area contributed by atoms with E-state index in [1.54, 1.807) is 0 Å². The van der Waals surface area contributed by atoms with E-state index in [4.69, 9.17) is 18.9 Å². The molecule has 0 aromatic heterocycles. The number of hydrogen-bond donors (Lipinski definition) is 4. The number of allylic oxidation sites excluding steroid dienone is 2. The van der Waals surface area contributed by atoms with E-state index in [-0.39, 0.29) is 19.4 Å². The van der Waals surface area contributed by atoms with E-state index in [0.717, 1.165) is 64.2 Å². The van der Waals surface area contributed by atoms with Gasteiger partial charge in [-0.1, -0.05) is 187 Å². The third kappa shape index (κ3) is 32.1. The van der Waals surface area contributed by atoms with E-state index >= 15 is 0 Å². The van der Waals surface area contributed by atoms with Crippen molar-refractivity contribution in [3.63, 3.8) is 0 Å². The Morgan fingerprint density at radius 3 is 1.45 bits per heavy atom. The smallest absolute Gasteiger partial charge is 0.306 e. The molecule has 0 aromatic rings. The Hall–Kier alpha value is -1.61. The minimum atomic E-state index is -4.60. The largest absolute Gasteiger partial charge is 0.462 e. The standard InChI is InChI=1S/C47H88O12S/c1-3-5-7-9-11-13-15-16-17-18-19-20-21-22-23-24-25-26-28-29-31-33-35-42(48)56-37-40(58-43(49)36-34-32-30-27-14-12-10-8-6-4-2)38-57-47-46(52)45(51)44(50)41(59-47)39-60(53,54)55/h8,10,40-41,44-47,50-52H,3-7,9,11-39H2,1-2H3,(H,53,54,55)/b10-8-. The molecule has 1 rings (SSSR count). The fourth-order valence-electron chi connectivity index (χ4n) is 7.56. The number of carbonyl (C=O) groups is 2. The molecular formula is C47H88O12S. The molecule has 0 aromatic carbocycles. The third-order valence-electron chi connectivity index (χ3n) is 11.3. The molecule has 1 fully saturated rings. The SMILES string of the molecule is CCC/C=C\CCCCCCCC(=O)OC(COC(=O)CCCCCCCCCCCCCCCCCCCCCCCC)COC1OC(CS(=O)(=O)O)C(O)C(O)C1O. The lowest BCUT2D eigenvalue weighted by molar-refractivity contribution is -0.297. The molecule has 6 unspecified atom stereocenters. The first-order valence-corrected chi connectivity index (χ1v) is 25.9. The zero-order valence-electron chi connectivity index (χ0n) is 37.8. The van der Waals surface area contributed by atoms with Crippen LogP contribution in [0, 0.1) is 0 Å². The van der Waals surface area contributed by atoms with Gasteiger partial charge in [-0.25, -0.2) is 0 Å². The molecule has 4 N–H and O–H groups in total. The predicted octanol–water partition coefficient (Wildman–Crippen LogP) is 10.2. The number of hydrogen-bond acceptors (Lipinski definition) is 11. The summed E-state index contributed by atoms with van der Waals surface area (Å²) in [6.07, 6.45) is 31.4. The van der Waals surface area contributed by atoms with Crippen molar-refractivity contribution in [1.29, 1.82) is 0 Å². The van der Waals surface area contributed by atoms with Crippen molar-refractivity contribution in [2.24, 2.45) is 0 Å². The van der Waals surface area contributed by atoms with Gasteiger partial charge in [-0.2, -0.15) is 8.42 Å². The third-order valence-corrected chi connectivity index (χ3v) is 12.1. The van der Waals surface area contributed by atoms with Gasteiger partial charge in [0.05, 0.1) is 6.61 Å². The van der Waals surface area contributed by atoms with Crippen LogP contribution in [0.1, 0.15) is 219 Å². The molecule has 0 amide bonds. The van der Waals surface area contributed by atoms with E-state index in [0.29, 0.717) is 12.8 Å². The first-order valence-electron chi connectivity index (χ1n) is 24.2. The minimum Gasteiger partial charge on any atom is -0.462 e. The highest BCUT2D eigenvalue weighted by molar-refractivity contribution is 7.85. The van der Waals surface area contributed by atoms with E-state index in [2.05, 4.69) is 26.0 Å². The fourth-order valence-corrected chi connectivity index (χ4v) is 8.25. The summed E-state index contributed by atoms with van der Waals surface area (Å²) in [4.78, 5) is 25.4. The van der Waals surface area contributed by atoms with Gasteiger partial charge in [0, 0.05) is 12.8 Å². The van der Waals surface area contributed by atoms with Gasteiger partial charge in [-0.3, -0.25) is 14.1 Å². The highest BCUT2D eigenvalue weighted by Gasteiger charge is 2.46. The lowest BCUT2D eigenvalue weighted by Crippen LogP contribution is -2.60. The lowest BCUT2D eigenvalue weighted by Gasteiger charge is -2.40. The number of carbonyl (C=O) groups excluding carboxylic acids is 2. The van der Waals surface area contributed by atoms with Gasteiger partial charge in [-0.05, 0) is 32.1 Å². The van der Waals surface area contributed by atoms with Crippen LogP contribution in [0.5, 0.6) is 0 Å². The molecule has 1 saturated heterocycles. The summed E-state index contributed by atoms with van der Waals surface area (Å²) < 4.78 is 54.0. The van der Waals surface area contributed by atoms with Crippen molar-refractivity contribution in [1.82, 2.24) is 0 Å². The van der Waals surface area contributed by atoms with Crippen LogP contribution in [0.15, 0.2) is 12.2 Å². The Labute approximate surface area is 365 Å². The highest BCUT2D eigenvalue weighted by atomic mass is 32.2. The molecular weight excluding hydrogens is 789 g/mol. The Balaban J connectivity index is 2.31. The summed E-state index contributed by atoms with van der Waals surface area (Å²) in [6.45, 7) is 3.71. The number of unbranched alkanes of at least 4 members (excludes halogenated alkanes) is 27. The second-order valence-electron chi connectivity index (χ2n) is 17.1. The number of esters is 2. The first-order chi connectivity index (χ1) is 29.0. The number of ether oxygens (including phenoxy) is 4. The quantitative estimate of drug-likeness (QED) is 0.0197. The molecule has 354 valence electrons. The first kappa shape index (κ1) is 56.4. The maximum atomic E-state index is 12.8. The van der Waals surface area contributed by atoms with Gasteiger partial charge >= 0.3 is 11.9 Å². The van der Waals surface area contributed by atoms with Crippen LogP contribution in [0.25, 0.3) is 0 Å². The Morgan fingerprint density at radius 2 is 0.983 bits per heavy atom. The molecule has 13 heteroatoms. The van der Waals surface area contributed by atoms with Gasteiger partial charge < -0.3 is 34.3 Å². The van der Waals surface area contributed by atoms with E-state index in [1.807, 2.05) is 0 Å². The molecule has 1 heterocycles. The van der Waals surface area contributed by atoms with Gasteiger partial charge in [0.1, 0.15) is 36.8 Å². The van der Waals surface area contributed by atoms with Crippen LogP contribution in [0.2, 0.25) is 0 Å². The summed E-state index contributed by atoms with van der Waals surface area (Å²) in [5.41, 5.74) is 0. The van der Waals surface area contributed by atoms with Crippen molar-refractivity contribution in [2.75, 3.05) is 19.0 Å². The number of rotatable bonds is 41. The van der Waals surface area contributed by atoms with Crippen molar-refractivity contribution in [3.8, 4) is 0 Å². The van der Waals surface area contributed by atoms with Gasteiger partial charge in [0.15, 0.2) is 12.4 Å². The van der Waals surface area contributed by atoms with Crippen LogP contribution in [0.3, 0.4) is 0 Å². The monoisotopic (exact) mass is 877 g/mol. The van der Waals surface area contributed by atoms with Crippen LogP contribution >= 0.6 is 0 Å². The van der Waals surface area contributed by atoms with Crippen LogP contribution in [0.4, 0.5) is 0 Å². The highest BCUT2D eigenvalue weighted by Crippen LogP contribution is 2.24. The fraction of sp³-hybridized carbons (Fsp3) is 0.915. The molecule has 0 aliphatic carbocycles. The Kier molecular flexibility index (Phi) is 35.6. The van der Waals surface area contributed by atoms with Gasteiger partial charge in [0.25, 0.3) is 10.1 Å². The molecule has 6 atom stereocenters. The minimum absolute atomic E-state index is 0.157. The van der Waals surface area contributed by atoms with Crippen LogP contribution in [-0.2, 0) is 38.7 Å². The van der Waals surface area contributed by atoms with Gasteiger partial charge in [0.2, 0.25) is 0 Å². The number of aliphatic hydroxyl groups excluding tert-OH is 3. The van der Waals surface area contributed by atoms with Crippen molar-refractivity contribution >= 4 is 22.1 Å². The molecule has 60 heavy (non-hydrogen) atoms. The molecule has 1 aliphatic rings. The summed E-state index contributed by atoms with van der Waals surface area (Å²) in [6, 6.07) is 0. The maximum absolute atomic E-state index is 12.8. The molecule has 1 aliphatic heterocycles. The molecule has 0 spiro atoms. The van der Waals surface area contributed by atoms with E-state index in [1.165, 1.54) is 116 Å². The van der Waals surface area contributed by atoms with E-state index < -0.39 is 71.2 Å². The number of aliphatic hydroxyl groups is 3. The zero-order chi connectivity index (χ0) is 44.1. The van der Waals surface area contributed by atoms with Crippen LogP contribution in [-0.4, -0.2) is 96.0 Å². The summed E-state index contributed by atoms with van der Waals surface area (Å²) >= 11 is 0. The van der Waals surface area contributed by atoms with Crippen LogP contribution < -0.4 is 0 Å². The average molecular weight is 877 g/mol. The maximum Gasteiger partial charge on any atom is 0.306 e. The predicted molar refractivity (Wildman–Crippen MR) is 238 cm³/mol. The van der Waals surface area contributed by atoms with Gasteiger partial charge in [-0.15, -0.1) is 0 Å². The molecule has 0 bridgehead atoms. The molecule has 0 saturated carbocycles.